The van der Waals surface area contributed by atoms with E-state index in [-0.39, 0.29) is 107 Å². The first-order chi connectivity index (χ1) is 0. The molecule has 0 nitrogen and oxygen atoms in total. The van der Waals surface area contributed by atoms with Gasteiger partial charge in [0.2, 0.25) is 0 Å². The topological polar surface area (TPSA) is 0 Å². The molecule has 6 radical (unpaired) electrons. The zero-order valence-corrected chi connectivity index (χ0v) is 9.87. The van der Waals surface area contributed by atoms with Crippen LogP contribution in [-0.2, 0) is 34.1 Å². The van der Waals surface area contributed by atoms with Crippen LogP contribution in [0.2, 0.25) is 0 Å². The molecule has 0 aliphatic carbocycles. The summed E-state index contributed by atoms with van der Waals surface area (Å²) in [5, 5.41) is 0. The molecule has 0 saturated heterocycles. The van der Waals surface area contributed by atoms with Crippen molar-refractivity contribution < 1.29 is 96.2 Å². The number of halogens is 5. The molecule has 0 unspecified atom stereocenters. The monoisotopic (exact) mass is 322 g/mol. The fourth-order valence-electron chi connectivity index (χ4n) is 0. The Kier molecular flexibility index (Phi) is 1730. The van der Waals surface area contributed by atoms with Gasteiger partial charge in [0.25, 0.3) is 0 Å². The Morgan fingerprint density at radius 3 is 0.500 bits per heavy atom. The van der Waals surface area contributed by atoms with Gasteiger partial charge in [0.1, 0.15) is 0 Å². The van der Waals surface area contributed by atoms with Crippen LogP contribution in [0.4, 0.5) is 0 Å². The second kappa shape index (κ2) is 100. The molecular formula is Cl5CuFeSi. The van der Waals surface area contributed by atoms with E-state index in [0.717, 1.165) is 0 Å². The molecule has 0 aromatic heterocycles. The molecule has 0 heterocycles. The molecule has 0 rings (SSSR count). The van der Waals surface area contributed by atoms with Crippen LogP contribution in [0, 0.1) is 0 Å². The van der Waals surface area contributed by atoms with Crippen molar-refractivity contribution in [1.82, 2.24) is 0 Å². The van der Waals surface area contributed by atoms with Crippen molar-refractivity contribution in [2.24, 2.45) is 0 Å². The molecule has 0 aliphatic rings. The SMILES string of the molecule is [Cl-].[Cl-].[Cl-].[Cl-].[Cl-].[Cu+2].[Fe+3].[Si]. The predicted molar refractivity (Wildman–Crippen MR) is 5.75 cm³/mol. The Morgan fingerprint density at radius 2 is 0.500 bits per heavy atom. The van der Waals surface area contributed by atoms with E-state index in [9.17, 15) is 0 Å². The Hall–Kier alpha value is 2.71. The van der Waals surface area contributed by atoms with Crippen molar-refractivity contribution in [3.63, 3.8) is 0 Å². The van der Waals surface area contributed by atoms with E-state index >= 15 is 0 Å². The van der Waals surface area contributed by atoms with Gasteiger partial charge in [-0.05, 0) is 0 Å². The molecule has 8 heteroatoms. The van der Waals surface area contributed by atoms with Crippen molar-refractivity contribution in [3.8, 4) is 0 Å². The third kappa shape index (κ3) is 70.6. The summed E-state index contributed by atoms with van der Waals surface area (Å²) in [6.45, 7) is 0. The largest absolute Gasteiger partial charge is 3.00 e. The molecule has 0 saturated carbocycles. The van der Waals surface area contributed by atoms with Gasteiger partial charge in [-0.25, -0.2) is 0 Å². The number of hydrogen-bond acceptors (Lipinski definition) is 0. The fourth-order valence-corrected chi connectivity index (χ4v) is 0. The number of rotatable bonds is 0. The van der Waals surface area contributed by atoms with Crippen molar-refractivity contribution in [1.29, 1.82) is 0 Å². The van der Waals surface area contributed by atoms with E-state index < -0.39 is 0 Å². The smallest absolute Gasteiger partial charge is 1.00 e. The van der Waals surface area contributed by atoms with Gasteiger partial charge in [-0.3, -0.25) is 0 Å². The standard InChI is InChI=1S/5ClH.Cu.Fe.Si/h5*1H;;;/q;;;;;+2;+3;/p-5. The molecule has 0 spiro atoms. The number of hydrogen-bond donors (Lipinski definition) is 0. The average molecular weight is 325 g/mol. The van der Waals surface area contributed by atoms with Crippen molar-refractivity contribution >= 4 is 11.0 Å². The van der Waals surface area contributed by atoms with Gasteiger partial charge in [0, 0.05) is 11.0 Å². The molecule has 0 aromatic carbocycles. The van der Waals surface area contributed by atoms with E-state index in [1.54, 1.807) is 0 Å². The normalized spacial score (nSPS) is 0. The van der Waals surface area contributed by atoms with Gasteiger partial charge in [0.05, 0.1) is 0 Å². The van der Waals surface area contributed by atoms with Crippen LogP contribution in [0.1, 0.15) is 0 Å². The first kappa shape index (κ1) is 138. The second-order valence-corrected chi connectivity index (χ2v) is 0. The Balaban J connectivity index is 0. The molecule has 0 N–H and O–H groups in total. The van der Waals surface area contributed by atoms with Crippen molar-refractivity contribution in [3.05, 3.63) is 0 Å². The van der Waals surface area contributed by atoms with Crippen LogP contribution in [0.5, 0.6) is 0 Å². The molecule has 0 aliphatic heterocycles. The van der Waals surface area contributed by atoms with Crippen molar-refractivity contribution in [2.45, 2.75) is 0 Å². The minimum atomic E-state index is 0. The summed E-state index contributed by atoms with van der Waals surface area (Å²) in [7, 11) is 0. The van der Waals surface area contributed by atoms with Crippen LogP contribution in [0.15, 0.2) is 0 Å². The maximum Gasteiger partial charge on any atom is 3.00 e. The van der Waals surface area contributed by atoms with E-state index in [2.05, 4.69) is 0 Å². The molecule has 0 atom stereocenters. The van der Waals surface area contributed by atoms with E-state index in [4.69, 9.17) is 0 Å². The summed E-state index contributed by atoms with van der Waals surface area (Å²) >= 11 is 0. The quantitative estimate of drug-likeness (QED) is 0.388. The Bertz CT molecular complexity index is 12.4. The van der Waals surface area contributed by atoms with Crippen molar-refractivity contribution in [2.75, 3.05) is 0 Å². The Morgan fingerprint density at radius 1 is 0.500 bits per heavy atom. The van der Waals surface area contributed by atoms with Gasteiger partial charge in [-0.15, -0.1) is 0 Å². The summed E-state index contributed by atoms with van der Waals surface area (Å²) < 4.78 is 0. The minimum Gasteiger partial charge on any atom is -1.00 e. The van der Waals surface area contributed by atoms with Gasteiger partial charge in [-0.1, -0.05) is 0 Å². The fraction of sp³-hybridized carbons (Fsp3) is 0. The van der Waals surface area contributed by atoms with E-state index in [0.29, 0.717) is 0 Å². The first-order valence-electron chi connectivity index (χ1n) is 0. The van der Waals surface area contributed by atoms with Gasteiger partial charge in [-0.2, -0.15) is 0 Å². The van der Waals surface area contributed by atoms with Gasteiger partial charge < -0.3 is 62.0 Å². The molecule has 8 heavy (non-hydrogen) atoms. The van der Waals surface area contributed by atoms with Gasteiger partial charge >= 0.3 is 34.1 Å². The van der Waals surface area contributed by atoms with E-state index in [1.807, 2.05) is 0 Å². The molecule has 0 amide bonds. The predicted octanol–water partition coefficient (Wildman–Crippen LogP) is -15.4. The Labute approximate surface area is 106 Å². The van der Waals surface area contributed by atoms with Crippen LogP contribution in [0.25, 0.3) is 0 Å². The minimum absolute atomic E-state index is 0. The van der Waals surface area contributed by atoms with E-state index in [1.165, 1.54) is 0 Å². The maximum atomic E-state index is 0. The van der Waals surface area contributed by atoms with Crippen LogP contribution in [-0.4, -0.2) is 11.0 Å². The molecule has 58 valence electrons. The third-order valence-electron chi connectivity index (χ3n) is 0. The summed E-state index contributed by atoms with van der Waals surface area (Å²) in [6, 6.07) is 0. The van der Waals surface area contributed by atoms with Gasteiger partial charge in [0.15, 0.2) is 0 Å². The van der Waals surface area contributed by atoms with Crippen LogP contribution in [0.3, 0.4) is 0 Å². The molecule has 0 aromatic rings. The summed E-state index contributed by atoms with van der Waals surface area (Å²) in [4.78, 5) is 0. The summed E-state index contributed by atoms with van der Waals surface area (Å²) in [5.74, 6) is 0. The third-order valence-corrected chi connectivity index (χ3v) is 0. The van der Waals surface area contributed by atoms with Crippen LogP contribution < -0.4 is 62.0 Å². The molecule has 0 fully saturated rings. The average Bonchev–Trinajstić information content (AvgIpc) is 0. The summed E-state index contributed by atoms with van der Waals surface area (Å²) in [5.41, 5.74) is 0. The second-order valence-electron chi connectivity index (χ2n) is 0. The first-order valence-corrected chi connectivity index (χ1v) is 0. The molecular weight excluding hydrogens is 325 g/mol. The zero-order valence-electron chi connectivity index (χ0n) is 3.04. The maximum absolute atomic E-state index is 0. The molecule has 0 bridgehead atoms. The zero-order chi connectivity index (χ0) is 0. The van der Waals surface area contributed by atoms with Crippen LogP contribution >= 0.6 is 0 Å². The summed E-state index contributed by atoms with van der Waals surface area (Å²) in [6.07, 6.45) is 0.